The van der Waals surface area contributed by atoms with E-state index >= 15 is 0 Å². The lowest BCUT2D eigenvalue weighted by atomic mass is 10.0. The van der Waals surface area contributed by atoms with Crippen molar-refractivity contribution in [1.82, 2.24) is 4.98 Å². The van der Waals surface area contributed by atoms with Crippen molar-refractivity contribution in [3.63, 3.8) is 0 Å². The number of thiazole rings is 1. The summed E-state index contributed by atoms with van der Waals surface area (Å²) in [6.07, 6.45) is 1.61. The van der Waals surface area contributed by atoms with Gasteiger partial charge < -0.3 is 5.73 Å². The van der Waals surface area contributed by atoms with Gasteiger partial charge in [0.2, 0.25) is 0 Å². The number of aromatic nitrogens is 1. The van der Waals surface area contributed by atoms with E-state index in [2.05, 4.69) is 18.8 Å². The summed E-state index contributed by atoms with van der Waals surface area (Å²) in [6.45, 7) is 4.58. The topological polar surface area (TPSA) is 56.0 Å². The van der Waals surface area contributed by atoms with Gasteiger partial charge in [-0.1, -0.05) is 20.3 Å². The average Bonchev–Trinajstić information content (AvgIpc) is 2.65. The molecule has 1 unspecified atom stereocenters. The van der Waals surface area contributed by atoms with E-state index in [0.29, 0.717) is 24.6 Å². The van der Waals surface area contributed by atoms with E-state index in [1.54, 1.807) is 5.38 Å². The molecule has 0 radical (unpaired) electrons. The Morgan fingerprint density at radius 3 is 2.93 bits per heavy atom. The predicted molar refractivity (Wildman–Crippen MR) is 58.4 cm³/mol. The summed E-state index contributed by atoms with van der Waals surface area (Å²) in [7, 11) is 0. The van der Waals surface area contributed by atoms with Crippen LogP contribution in [0.1, 0.15) is 42.2 Å². The van der Waals surface area contributed by atoms with Gasteiger partial charge in [0.05, 0.1) is 0 Å². The molecule has 0 amide bonds. The highest BCUT2D eigenvalue weighted by molar-refractivity contribution is 7.09. The smallest absolute Gasteiger partial charge is 0.182 e. The Morgan fingerprint density at radius 2 is 2.43 bits per heavy atom. The van der Waals surface area contributed by atoms with E-state index in [9.17, 15) is 4.79 Å². The second-order valence-corrected chi connectivity index (χ2v) is 4.41. The Bertz CT molecular complexity index is 309. The number of hydrogen-bond acceptors (Lipinski definition) is 4. The van der Waals surface area contributed by atoms with Crippen LogP contribution in [0.15, 0.2) is 5.38 Å². The summed E-state index contributed by atoms with van der Waals surface area (Å²) in [4.78, 5) is 15.8. The molecule has 4 heteroatoms. The van der Waals surface area contributed by atoms with Gasteiger partial charge in [0.15, 0.2) is 5.78 Å². The number of Topliss-reactive ketones (excluding diaryl/α,β-unsaturated/α-hetero) is 1. The molecular weight excluding hydrogens is 196 g/mol. The van der Waals surface area contributed by atoms with E-state index in [1.165, 1.54) is 11.3 Å². The van der Waals surface area contributed by atoms with Crippen LogP contribution in [0, 0.1) is 5.92 Å². The van der Waals surface area contributed by atoms with Crippen LogP contribution < -0.4 is 5.73 Å². The second-order valence-electron chi connectivity index (χ2n) is 3.47. The molecule has 0 aliphatic rings. The van der Waals surface area contributed by atoms with Crippen LogP contribution in [-0.4, -0.2) is 10.8 Å². The van der Waals surface area contributed by atoms with Crippen LogP contribution in [-0.2, 0) is 6.54 Å². The fourth-order valence-electron chi connectivity index (χ4n) is 1.10. The number of nitrogens with two attached hydrogens (primary N) is 1. The minimum atomic E-state index is 0.135. The lowest BCUT2D eigenvalue weighted by Crippen LogP contribution is -2.06. The third kappa shape index (κ3) is 2.89. The number of ketones is 1. The number of rotatable bonds is 5. The minimum Gasteiger partial charge on any atom is -0.325 e. The second kappa shape index (κ2) is 5.22. The van der Waals surface area contributed by atoms with Crippen molar-refractivity contribution in [3.8, 4) is 0 Å². The van der Waals surface area contributed by atoms with E-state index in [-0.39, 0.29) is 5.78 Å². The third-order valence-corrected chi connectivity index (χ3v) is 3.11. The van der Waals surface area contributed by atoms with Crippen LogP contribution in [0.5, 0.6) is 0 Å². The van der Waals surface area contributed by atoms with Crippen LogP contribution in [0.2, 0.25) is 0 Å². The molecule has 1 rings (SSSR count). The maximum Gasteiger partial charge on any atom is 0.182 e. The Labute approximate surface area is 88.3 Å². The molecule has 0 saturated carbocycles. The molecule has 0 fully saturated rings. The number of carbonyl (C=O) groups is 1. The average molecular weight is 212 g/mol. The molecule has 1 atom stereocenters. The molecule has 1 heterocycles. The first-order chi connectivity index (χ1) is 6.67. The molecule has 0 aliphatic heterocycles. The standard InChI is InChI=1S/C10H16N2OS/c1-3-7(2)4-9(13)8-6-14-10(5-11)12-8/h6-7H,3-5,11H2,1-2H3. The van der Waals surface area contributed by atoms with Gasteiger partial charge in [0.25, 0.3) is 0 Å². The largest absolute Gasteiger partial charge is 0.325 e. The van der Waals surface area contributed by atoms with Crippen molar-refractivity contribution < 1.29 is 4.79 Å². The van der Waals surface area contributed by atoms with E-state index in [0.717, 1.165) is 11.4 Å². The lowest BCUT2D eigenvalue weighted by molar-refractivity contribution is 0.0959. The lowest BCUT2D eigenvalue weighted by Gasteiger charge is -2.04. The van der Waals surface area contributed by atoms with Crippen molar-refractivity contribution in [2.45, 2.75) is 33.2 Å². The van der Waals surface area contributed by atoms with Gasteiger partial charge in [-0.25, -0.2) is 4.98 Å². The first kappa shape index (κ1) is 11.3. The van der Waals surface area contributed by atoms with Crippen molar-refractivity contribution in [1.29, 1.82) is 0 Å². The maximum absolute atomic E-state index is 11.6. The first-order valence-corrected chi connectivity index (χ1v) is 5.73. The quantitative estimate of drug-likeness (QED) is 0.761. The molecule has 14 heavy (non-hydrogen) atoms. The Hall–Kier alpha value is -0.740. The molecule has 0 bridgehead atoms. The van der Waals surface area contributed by atoms with Gasteiger partial charge in [-0.15, -0.1) is 11.3 Å². The summed E-state index contributed by atoms with van der Waals surface area (Å²) < 4.78 is 0. The van der Waals surface area contributed by atoms with E-state index in [1.807, 2.05) is 0 Å². The van der Waals surface area contributed by atoms with Crippen LogP contribution in [0.4, 0.5) is 0 Å². The Balaban J connectivity index is 2.60. The Kier molecular flexibility index (Phi) is 4.22. The van der Waals surface area contributed by atoms with Crippen LogP contribution >= 0.6 is 11.3 Å². The number of hydrogen-bond donors (Lipinski definition) is 1. The molecule has 0 spiro atoms. The highest BCUT2D eigenvalue weighted by Crippen LogP contribution is 2.15. The molecule has 0 aliphatic carbocycles. The minimum absolute atomic E-state index is 0.135. The number of carbonyl (C=O) groups excluding carboxylic acids is 1. The predicted octanol–water partition coefficient (Wildman–Crippen LogP) is 2.22. The first-order valence-electron chi connectivity index (χ1n) is 4.85. The third-order valence-electron chi connectivity index (χ3n) is 2.24. The van der Waals surface area contributed by atoms with Crippen molar-refractivity contribution in [2.75, 3.05) is 0 Å². The molecule has 78 valence electrons. The number of nitrogens with zero attached hydrogens (tertiary/aromatic N) is 1. The molecule has 0 saturated heterocycles. The SMILES string of the molecule is CCC(C)CC(=O)c1csc(CN)n1. The zero-order valence-electron chi connectivity index (χ0n) is 8.62. The maximum atomic E-state index is 11.6. The zero-order valence-corrected chi connectivity index (χ0v) is 9.43. The van der Waals surface area contributed by atoms with Crippen LogP contribution in [0.3, 0.4) is 0 Å². The van der Waals surface area contributed by atoms with Gasteiger partial charge in [0, 0.05) is 18.3 Å². The van der Waals surface area contributed by atoms with E-state index in [4.69, 9.17) is 5.73 Å². The van der Waals surface area contributed by atoms with Gasteiger partial charge in [-0.2, -0.15) is 0 Å². The van der Waals surface area contributed by atoms with E-state index < -0.39 is 0 Å². The van der Waals surface area contributed by atoms with Crippen molar-refractivity contribution in [2.24, 2.45) is 11.7 Å². The summed E-state index contributed by atoms with van der Waals surface area (Å²) in [5, 5.41) is 2.63. The fraction of sp³-hybridized carbons (Fsp3) is 0.600. The molecule has 1 aromatic heterocycles. The summed E-state index contributed by atoms with van der Waals surface area (Å²) in [6, 6.07) is 0. The molecule has 0 aromatic carbocycles. The highest BCUT2D eigenvalue weighted by atomic mass is 32.1. The molecular formula is C10H16N2OS. The highest BCUT2D eigenvalue weighted by Gasteiger charge is 2.12. The van der Waals surface area contributed by atoms with Gasteiger partial charge >= 0.3 is 0 Å². The Morgan fingerprint density at radius 1 is 1.71 bits per heavy atom. The monoisotopic (exact) mass is 212 g/mol. The summed E-state index contributed by atoms with van der Waals surface area (Å²) in [5.74, 6) is 0.570. The summed E-state index contributed by atoms with van der Waals surface area (Å²) in [5.41, 5.74) is 6.01. The van der Waals surface area contributed by atoms with Crippen LogP contribution in [0.25, 0.3) is 0 Å². The molecule has 3 nitrogen and oxygen atoms in total. The van der Waals surface area contributed by atoms with Crippen molar-refractivity contribution in [3.05, 3.63) is 16.1 Å². The normalized spacial score (nSPS) is 12.8. The van der Waals surface area contributed by atoms with Crippen molar-refractivity contribution >= 4 is 17.1 Å². The van der Waals surface area contributed by atoms with Gasteiger partial charge in [0.1, 0.15) is 10.7 Å². The van der Waals surface area contributed by atoms with Gasteiger partial charge in [-0.3, -0.25) is 4.79 Å². The zero-order chi connectivity index (χ0) is 10.6. The fourth-order valence-corrected chi connectivity index (χ4v) is 1.78. The molecule has 2 N–H and O–H groups in total. The van der Waals surface area contributed by atoms with Gasteiger partial charge in [-0.05, 0) is 5.92 Å². The summed E-state index contributed by atoms with van der Waals surface area (Å²) >= 11 is 1.46. The molecule has 1 aromatic rings.